The van der Waals surface area contributed by atoms with Crippen molar-refractivity contribution in [3.05, 3.63) is 81.3 Å². The summed E-state index contributed by atoms with van der Waals surface area (Å²) in [5.41, 5.74) is 4.90. The number of carbonyl (C=O) groups excluding carboxylic acids is 1. The number of nitrogens with zero attached hydrogens (tertiary/aromatic N) is 1. The summed E-state index contributed by atoms with van der Waals surface area (Å²) in [5, 5.41) is 6.89. The molecule has 0 unspecified atom stereocenters. The Morgan fingerprint density at radius 3 is 2.41 bits per heavy atom. The highest BCUT2D eigenvalue weighted by Crippen LogP contribution is 2.41. The molecule has 1 atom stereocenters. The van der Waals surface area contributed by atoms with Crippen molar-refractivity contribution in [3.63, 3.8) is 0 Å². The molecule has 1 heterocycles. The smallest absolute Gasteiger partial charge is 0.290 e. The van der Waals surface area contributed by atoms with Crippen LogP contribution in [0.2, 0.25) is 0 Å². The Kier molecular flexibility index (Phi) is 13.4. The fraction of sp³-hybridized carbons (Fsp3) is 0.333. The molecule has 4 rings (SSSR count). The van der Waals surface area contributed by atoms with Crippen LogP contribution in [-0.2, 0) is 20.9 Å². The molecule has 0 radical (unpaired) electrons. The molecule has 1 amide bonds. The Balaban J connectivity index is 0.000000815. The molecular formula is C30H36BrNO6S. The minimum atomic E-state index is -0.351. The van der Waals surface area contributed by atoms with E-state index in [0.717, 1.165) is 26.9 Å². The molecule has 0 saturated heterocycles. The number of fused-ring (bicyclic) bond motifs is 1. The van der Waals surface area contributed by atoms with E-state index in [1.54, 1.807) is 30.9 Å². The number of rotatable bonds is 6. The van der Waals surface area contributed by atoms with Crippen LogP contribution >= 0.6 is 27.7 Å². The molecule has 7 nitrogen and oxygen atoms in total. The summed E-state index contributed by atoms with van der Waals surface area (Å²) in [7, 11) is 3.24. The highest BCUT2D eigenvalue weighted by atomic mass is 79.9. The Hall–Kier alpha value is -3.01. The molecule has 0 aliphatic carbocycles. The van der Waals surface area contributed by atoms with E-state index in [9.17, 15) is 4.79 Å². The van der Waals surface area contributed by atoms with Crippen molar-refractivity contribution in [3.8, 4) is 11.5 Å². The van der Waals surface area contributed by atoms with Crippen molar-refractivity contribution < 1.29 is 28.9 Å². The molecule has 0 aromatic heterocycles. The van der Waals surface area contributed by atoms with Crippen molar-refractivity contribution in [1.29, 1.82) is 0 Å². The number of ether oxygens (including phenoxy) is 3. The van der Waals surface area contributed by atoms with E-state index in [2.05, 4.69) is 55.1 Å². The molecule has 39 heavy (non-hydrogen) atoms. The first-order valence-electron chi connectivity index (χ1n) is 12.4. The molecule has 0 fully saturated rings. The molecule has 0 spiro atoms. The van der Waals surface area contributed by atoms with Gasteiger partial charge < -0.3 is 24.2 Å². The van der Waals surface area contributed by atoms with Gasteiger partial charge in [0.15, 0.2) is 0 Å². The Labute approximate surface area is 243 Å². The topological polar surface area (TPSA) is 85.3 Å². The van der Waals surface area contributed by atoms with Crippen molar-refractivity contribution in [1.82, 2.24) is 0 Å². The minimum Gasteiger partial charge on any atom is -0.497 e. The summed E-state index contributed by atoms with van der Waals surface area (Å²) < 4.78 is 18.1. The van der Waals surface area contributed by atoms with Crippen molar-refractivity contribution in [2.75, 3.05) is 32.0 Å². The van der Waals surface area contributed by atoms with Crippen LogP contribution < -0.4 is 14.4 Å². The van der Waals surface area contributed by atoms with Crippen LogP contribution in [0.3, 0.4) is 0 Å². The van der Waals surface area contributed by atoms with Crippen LogP contribution in [0.5, 0.6) is 11.5 Å². The lowest BCUT2D eigenvalue weighted by Gasteiger charge is -2.25. The normalized spacial score (nSPS) is 14.1. The zero-order valence-electron chi connectivity index (χ0n) is 23.2. The van der Waals surface area contributed by atoms with Gasteiger partial charge in [-0.25, -0.2) is 0 Å². The SMILES string of the molecule is CCC.COc1ccc(CN2C(=O)CO[C@H](c3cccc(SC)c3C)c3cc(Br)ccc32)c(OC)c1.O=CO. The monoisotopic (exact) mass is 617 g/mol. The number of hydrogen-bond acceptors (Lipinski definition) is 6. The quantitative estimate of drug-likeness (QED) is 0.230. The number of hydrogen-bond donors (Lipinski definition) is 1. The van der Waals surface area contributed by atoms with Gasteiger partial charge in [0.25, 0.3) is 12.4 Å². The average Bonchev–Trinajstić information content (AvgIpc) is 3.06. The molecule has 0 bridgehead atoms. The largest absolute Gasteiger partial charge is 0.497 e. The highest BCUT2D eigenvalue weighted by molar-refractivity contribution is 9.10. The second-order valence-corrected chi connectivity index (χ2v) is 10.3. The first-order valence-corrected chi connectivity index (χ1v) is 14.4. The van der Waals surface area contributed by atoms with Gasteiger partial charge >= 0.3 is 0 Å². The molecule has 1 N–H and O–H groups in total. The maximum absolute atomic E-state index is 13.3. The summed E-state index contributed by atoms with van der Waals surface area (Å²) in [6.45, 7) is 6.45. The first kappa shape index (κ1) is 32.2. The molecule has 1 aliphatic rings. The van der Waals surface area contributed by atoms with Gasteiger partial charge in [-0.3, -0.25) is 9.59 Å². The van der Waals surface area contributed by atoms with E-state index >= 15 is 0 Å². The van der Waals surface area contributed by atoms with Crippen LogP contribution in [0.1, 0.15) is 48.6 Å². The number of halogens is 1. The molecule has 210 valence electrons. The predicted octanol–water partition coefficient (Wildman–Crippen LogP) is 7.27. The van der Waals surface area contributed by atoms with Gasteiger partial charge in [0.2, 0.25) is 0 Å². The lowest BCUT2D eigenvalue weighted by molar-refractivity contribution is -0.124. The third kappa shape index (κ3) is 8.24. The van der Waals surface area contributed by atoms with Crippen molar-refractivity contribution >= 4 is 45.8 Å². The molecule has 0 saturated carbocycles. The summed E-state index contributed by atoms with van der Waals surface area (Å²) in [5.74, 6) is 1.28. The lowest BCUT2D eigenvalue weighted by Crippen LogP contribution is -2.32. The van der Waals surface area contributed by atoms with Gasteiger partial charge in [0.1, 0.15) is 24.2 Å². The number of methoxy groups -OCH3 is 2. The van der Waals surface area contributed by atoms with Gasteiger partial charge in [0, 0.05) is 26.6 Å². The van der Waals surface area contributed by atoms with Crippen LogP contribution in [0.15, 0.2) is 64.0 Å². The van der Waals surface area contributed by atoms with Crippen LogP contribution in [0, 0.1) is 6.92 Å². The zero-order chi connectivity index (χ0) is 28.9. The maximum atomic E-state index is 13.3. The van der Waals surface area contributed by atoms with Crippen LogP contribution in [0.4, 0.5) is 5.69 Å². The summed E-state index contributed by atoms with van der Waals surface area (Å²) in [4.78, 5) is 24.6. The third-order valence-corrected chi connectivity index (χ3v) is 7.26. The number of amides is 1. The van der Waals surface area contributed by atoms with Gasteiger partial charge in [0.05, 0.1) is 26.5 Å². The molecule has 3 aromatic rings. The average molecular weight is 619 g/mol. The molecule has 9 heteroatoms. The number of anilines is 1. The fourth-order valence-electron chi connectivity index (χ4n) is 4.16. The predicted molar refractivity (Wildman–Crippen MR) is 160 cm³/mol. The first-order chi connectivity index (χ1) is 18.8. The molecule has 3 aromatic carbocycles. The van der Waals surface area contributed by atoms with Crippen molar-refractivity contribution in [2.45, 2.75) is 44.7 Å². The Morgan fingerprint density at radius 2 is 1.79 bits per heavy atom. The number of carboxylic acid groups (broad SMARTS) is 1. The fourth-order valence-corrected chi connectivity index (χ4v) is 5.18. The zero-order valence-corrected chi connectivity index (χ0v) is 25.6. The van der Waals surface area contributed by atoms with Gasteiger partial charge in [-0.2, -0.15) is 0 Å². The summed E-state index contributed by atoms with van der Waals surface area (Å²) in [6.07, 6.45) is 2.97. The van der Waals surface area contributed by atoms with E-state index in [0.29, 0.717) is 18.0 Å². The van der Waals surface area contributed by atoms with Crippen LogP contribution in [-0.4, -0.2) is 44.6 Å². The minimum absolute atomic E-state index is 0.0155. The van der Waals surface area contributed by atoms with E-state index in [4.69, 9.17) is 24.1 Å². The van der Waals surface area contributed by atoms with Gasteiger partial charge in [-0.05, 0) is 60.7 Å². The summed E-state index contributed by atoms with van der Waals surface area (Å²) in [6, 6.07) is 17.8. The van der Waals surface area contributed by atoms with Gasteiger partial charge in [-0.1, -0.05) is 48.3 Å². The standard InChI is InChI=1S/C26H26BrNO4S.C3H8.CH2O2/c1-16-20(6-5-7-24(16)33-4)26-21-12-18(27)9-11-22(21)28(25(29)15-32-26)14-17-8-10-19(30-2)13-23(17)31-3;1-3-2;2-1-3/h5-13,26H,14-15H2,1-4H3;3H2,1-2H3;1H,(H,2,3)/t26-;;/m1../s1. The number of benzene rings is 3. The van der Waals surface area contributed by atoms with Crippen molar-refractivity contribution in [2.24, 2.45) is 0 Å². The second kappa shape index (κ2) is 16.2. The summed E-state index contributed by atoms with van der Waals surface area (Å²) >= 11 is 5.31. The van der Waals surface area contributed by atoms with Gasteiger partial charge in [-0.15, -0.1) is 11.8 Å². The second-order valence-electron chi connectivity index (χ2n) is 8.54. The van der Waals surface area contributed by atoms with E-state index in [1.807, 2.05) is 42.5 Å². The molecular weight excluding hydrogens is 582 g/mol. The Morgan fingerprint density at radius 1 is 1.10 bits per heavy atom. The van der Waals surface area contributed by atoms with Crippen LogP contribution in [0.25, 0.3) is 0 Å². The number of thioether (sulfide) groups is 1. The van der Waals surface area contributed by atoms with E-state index in [-0.39, 0.29) is 25.1 Å². The van der Waals surface area contributed by atoms with E-state index < -0.39 is 0 Å². The lowest BCUT2D eigenvalue weighted by atomic mass is 9.95. The number of carbonyl (C=O) groups is 2. The maximum Gasteiger partial charge on any atom is 0.290 e. The van der Waals surface area contributed by atoms with E-state index in [1.165, 1.54) is 16.9 Å². The third-order valence-electron chi connectivity index (χ3n) is 5.89. The Bertz CT molecular complexity index is 1250. The highest BCUT2D eigenvalue weighted by Gasteiger charge is 2.31. The molecule has 1 aliphatic heterocycles.